The molecule has 2 nitrogen and oxygen atoms in total. The summed E-state index contributed by atoms with van der Waals surface area (Å²) in [4.78, 5) is 0. The number of methoxy groups -OCH3 is 1. The van der Waals surface area contributed by atoms with Crippen molar-refractivity contribution in [1.29, 1.82) is 0 Å². The minimum absolute atomic E-state index is 0.0250. The average Bonchev–Trinajstić information content (AvgIpc) is 2.41. The molecule has 0 aliphatic carbocycles. The van der Waals surface area contributed by atoms with Crippen LogP contribution in [-0.2, 0) is 0 Å². The summed E-state index contributed by atoms with van der Waals surface area (Å²) in [5.41, 5.74) is 1.91. The lowest BCUT2D eigenvalue weighted by molar-refractivity contribution is 0.412. The van der Waals surface area contributed by atoms with Crippen molar-refractivity contribution in [3.63, 3.8) is 0 Å². The smallest absolute Gasteiger partial charge is 0.135 e. The van der Waals surface area contributed by atoms with Crippen molar-refractivity contribution in [2.45, 2.75) is 13.0 Å². The van der Waals surface area contributed by atoms with Gasteiger partial charge in [-0.25, -0.2) is 0 Å². The van der Waals surface area contributed by atoms with Crippen molar-refractivity contribution >= 4 is 60.7 Å². The molecule has 1 unspecified atom stereocenters. The van der Waals surface area contributed by atoms with Crippen LogP contribution >= 0.6 is 55.1 Å². The molecular formula is C15H13Br2Cl2NO. The monoisotopic (exact) mass is 451 g/mol. The van der Waals surface area contributed by atoms with E-state index in [4.69, 9.17) is 27.9 Å². The van der Waals surface area contributed by atoms with E-state index in [1.165, 1.54) is 0 Å². The first-order valence-corrected chi connectivity index (χ1v) is 8.51. The molecule has 2 aromatic rings. The van der Waals surface area contributed by atoms with Gasteiger partial charge in [0.15, 0.2) is 0 Å². The Morgan fingerprint density at radius 2 is 1.81 bits per heavy atom. The van der Waals surface area contributed by atoms with Gasteiger partial charge in [0.1, 0.15) is 5.75 Å². The molecule has 2 rings (SSSR count). The molecule has 0 heterocycles. The normalized spacial score (nSPS) is 12.1. The Kier molecular flexibility index (Phi) is 5.83. The van der Waals surface area contributed by atoms with Gasteiger partial charge >= 0.3 is 0 Å². The Hall–Kier alpha value is -0.420. The second kappa shape index (κ2) is 7.23. The molecule has 0 saturated heterocycles. The van der Waals surface area contributed by atoms with Crippen LogP contribution in [-0.4, -0.2) is 7.11 Å². The van der Waals surface area contributed by atoms with E-state index < -0.39 is 0 Å². The molecule has 0 aliphatic heterocycles. The van der Waals surface area contributed by atoms with Gasteiger partial charge in [0, 0.05) is 20.6 Å². The molecule has 0 aromatic heterocycles. The highest BCUT2D eigenvalue weighted by atomic mass is 79.9. The van der Waals surface area contributed by atoms with Gasteiger partial charge in [-0.1, -0.05) is 29.3 Å². The SMILES string of the molecule is COc1cc(NC(C)c2ccc(Cl)cc2Cl)c(Br)cc1Br. The van der Waals surface area contributed by atoms with Crippen LogP contribution in [0.1, 0.15) is 18.5 Å². The van der Waals surface area contributed by atoms with Gasteiger partial charge in [-0.05, 0) is 62.5 Å². The van der Waals surface area contributed by atoms with Crippen LogP contribution in [0, 0.1) is 0 Å². The maximum atomic E-state index is 6.25. The molecule has 0 bridgehead atoms. The zero-order valence-electron chi connectivity index (χ0n) is 11.4. The second-order valence-electron chi connectivity index (χ2n) is 4.50. The van der Waals surface area contributed by atoms with Gasteiger partial charge in [0.25, 0.3) is 0 Å². The molecule has 1 N–H and O–H groups in total. The molecule has 0 saturated carbocycles. The van der Waals surface area contributed by atoms with E-state index in [0.717, 1.165) is 25.9 Å². The third-order valence-corrected chi connectivity index (χ3v) is 4.88. The fourth-order valence-corrected chi connectivity index (χ4v) is 3.80. The largest absolute Gasteiger partial charge is 0.495 e. The number of hydrogen-bond donors (Lipinski definition) is 1. The summed E-state index contributed by atoms with van der Waals surface area (Å²) in [6.07, 6.45) is 0. The van der Waals surface area contributed by atoms with Crippen LogP contribution in [0.5, 0.6) is 5.75 Å². The summed E-state index contributed by atoms with van der Waals surface area (Å²) < 4.78 is 7.14. The van der Waals surface area contributed by atoms with Crippen LogP contribution in [0.4, 0.5) is 5.69 Å². The number of halogens is 4. The fraction of sp³-hybridized carbons (Fsp3) is 0.200. The van der Waals surface area contributed by atoms with E-state index in [1.54, 1.807) is 13.2 Å². The standard InChI is InChI=1S/C15H13Br2Cl2NO/c1-8(10-4-3-9(18)5-13(10)19)20-14-7-15(21-2)12(17)6-11(14)16/h3-8,20H,1-2H3. The second-order valence-corrected chi connectivity index (χ2v) is 7.05. The lowest BCUT2D eigenvalue weighted by Crippen LogP contribution is -2.08. The Labute approximate surface area is 151 Å². The first-order chi connectivity index (χ1) is 9.92. The van der Waals surface area contributed by atoms with E-state index in [0.29, 0.717) is 10.0 Å². The van der Waals surface area contributed by atoms with Gasteiger partial charge in [0.05, 0.1) is 23.3 Å². The summed E-state index contributed by atoms with van der Waals surface area (Å²) in [5, 5.41) is 4.68. The molecule has 21 heavy (non-hydrogen) atoms. The first-order valence-electron chi connectivity index (χ1n) is 6.17. The van der Waals surface area contributed by atoms with Crippen molar-refractivity contribution in [3.8, 4) is 5.75 Å². The fourth-order valence-electron chi connectivity index (χ4n) is 1.96. The van der Waals surface area contributed by atoms with Gasteiger partial charge in [-0.3, -0.25) is 0 Å². The summed E-state index contributed by atoms with van der Waals surface area (Å²) in [7, 11) is 1.64. The van der Waals surface area contributed by atoms with Gasteiger partial charge in [-0.2, -0.15) is 0 Å². The third kappa shape index (κ3) is 4.07. The number of anilines is 1. The highest BCUT2D eigenvalue weighted by molar-refractivity contribution is 9.11. The van der Waals surface area contributed by atoms with Crippen LogP contribution in [0.25, 0.3) is 0 Å². The lowest BCUT2D eigenvalue weighted by atomic mass is 10.1. The summed E-state index contributed by atoms with van der Waals surface area (Å²) >= 11 is 19.2. The highest BCUT2D eigenvalue weighted by Gasteiger charge is 2.13. The zero-order valence-corrected chi connectivity index (χ0v) is 16.1. The minimum Gasteiger partial charge on any atom is -0.495 e. The highest BCUT2D eigenvalue weighted by Crippen LogP contribution is 2.37. The zero-order chi connectivity index (χ0) is 15.6. The van der Waals surface area contributed by atoms with Gasteiger partial charge < -0.3 is 10.1 Å². The van der Waals surface area contributed by atoms with Crippen LogP contribution in [0.2, 0.25) is 10.0 Å². The number of benzene rings is 2. The molecule has 112 valence electrons. The third-order valence-electron chi connectivity index (χ3n) is 3.04. The molecule has 0 amide bonds. The molecule has 0 fully saturated rings. The van der Waals surface area contributed by atoms with E-state index in [2.05, 4.69) is 37.2 Å². The van der Waals surface area contributed by atoms with Gasteiger partial charge in [-0.15, -0.1) is 0 Å². The number of nitrogens with one attached hydrogen (secondary N) is 1. The Balaban J connectivity index is 2.29. The molecule has 1 atom stereocenters. The van der Waals surface area contributed by atoms with Crippen molar-refractivity contribution in [2.75, 3.05) is 12.4 Å². The predicted molar refractivity (Wildman–Crippen MR) is 96.9 cm³/mol. The molecule has 6 heteroatoms. The first kappa shape index (κ1) is 16.9. The molecule has 0 radical (unpaired) electrons. The van der Waals surface area contributed by atoms with Crippen molar-refractivity contribution in [2.24, 2.45) is 0 Å². The quantitative estimate of drug-likeness (QED) is 0.556. The maximum absolute atomic E-state index is 6.25. The summed E-state index contributed by atoms with van der Waals surface area (Å²) in [6, 6.07) is 9.39. The van der Waals surface area contributed by atoms with Crippen LogP contribution < -0.4 is 10.1 Å². The van der Waals surface area contributed by atoms with E-state index >= 15 is 0 Å². The molecular weight excluding hydrogens is 441 g/mol. The average molecular weight is 454 g/mol. The maximum Gasteiger partial charge on any atom is 0.135 e. The van der Waals surface area contributed by atoms with Gasteiger partial charge in [0.2, 0.25) is 0 Å². The predicted octanol–water partition coefficient (Wildman–Crippen LogP) is 6.70. The summed E-state index contributed by atoms with van der Waals surface area (Å²) in [6.45, 7) is 2.04. The van der Waals surface area contributed by atoms with E-state index in [-0.39, 0.29) is 6.04 Å². The van der Waals surface area contributed by atoms with Crippen molar-refractivity contribution in [1.82, 2.24) is 0 Å². The van der Waals surface area contributed by atoms with Crippen molar-refractivity contribution < 1.29 is 4.74 Å². The Bertz CT molecular complexity index is 664. The molecule has 0 aliphatic rings. The Morgan fingerprint density at radius 1 is 1.10 bits per heavy atom. The van der Waals surface area contributed by atoms with Crippen LogP contribution in [0.3, 0.4) is 0 Å². The number of ether oxygens (including phenoxy) is 1. The number of hydrogen-bond acceptors (Lipinski definition) is 2. The minimum atomic E-state index is 0.0250. The topological polar surface area (TPSA) is 21.3 Å². The Morgan fingerprint density at radius 3 is 2.43 bits per heavy atom. The van der Waals surface area contributed by atoms with Crippen LogP contribution in [0.15, 0.2) is 39.3 Å². The lowest BCUT2D eigenvalue weighted by Gasteiger charge is -2.19. The molecule has 2 aromatic carbocycles. The number of rotatable bonds is 4. The summed E-state index contributed by atoms with van der Waals surface area (Å²) in [5.74, 6) is 0.759. The van der Waals surface area contributed by atoms with E-state index in [9.17, 15) is 0 Å². The van der Waals surface area contributed by atoms with Crippen molar-refractivity contribution in [3.05, 3.63) is 54.9 Å². The van der Waals surface area contributed by atoms with E-state index in [1.807, 2.05) is 31.2 Å². The molecule has 0 spiro atoms.